The number of hydrogen-bond acceptors (Lipinski definition) is 1. The van der Waals surface area contributed by atoms with Crippen LogP contribution in [0.1, 0.15) is 22.6 Å². The van der Waals surface area contributed by atoms with Crippen molar-refractivity contribution in [1.29, 1.82) is 0 Å². The Balaban J connectivity index is 1.92. The molecule has 0 bridgehead atoms. The van der Waals surface area contributed by atoms with Gasteiger partial charge in [-0.1, -0.05) is 41.9 Å². The van der Waals surface area contributed by atoms with Crippen LogP contribution in [-0.4, -0.2) is 5.91 Å². The maximum absolute atomic E-state index is 12.1. The first kappa shape index (κ1) is 12.2. The van der Waals surface area contributed by atoms with Crippen molar-refractivity contribution in [2.45, 2.75) is 19.3 Å². The minimum absolute atomic E-state index is 0.0826. The Hall–Kier alpha value is -1.80. The van der Waals surface area contributed by atoms with Crippen LogP contribution < -0.4 is 5.32 Å². The van der Waals surface area contributed by atoms with Gasteiger partial charge < -0.3 is 5.32 Å². The molecule has 1 heterocycles. The summed E-state index contributed by atoms with van der Waals surface area (Å²) >= 11 is 5.88. The molecule has 0 radical (unpaired) electrons. The third-order valence-electron chi connectivity index (χ3n) is 3.60. The summed E-state index contributed by atoms with van der Waals surface area (Å²) in [6, 6.07) is 13.7. The zero-order valence-corrected chi connectivity index (χ0v) is 11.4. The smallest absolute Gasteiger partial charge is 0.232 e. The molecule has 1 atom stereocenters. The van der Waals surface area contributed by atoms with Crippen molar-refractivity contribution < 1.29 is 4.79 Å². The second-order valence-corrected chi connectivity index (χ2v) is 5.35. The molecule has 96 valence electrons. The zero-order chi connectivity index (χ0) is 13.4. The number of carbonyl (C=O) groups is 1. The van der Waals surface area contributed by atoms with Crippen molar-refractivity contribution in [3.63, 3.8) is 0 Å². The fourth-order valence-electron chi connectivity index (χ4n) is 2.56. The van der Waals surface area contributed by atoms with E-state index in [1.807, 2.05) is 49.4 Å². The third kappa shape index (κ3) is 2.24. The third-order valence-corrected chi connectivity index (χ3v) is 3.85. The van der Waals surface area contributed by atoms with Crippen LogP contribution in [0.15, 0.2) is 42.5 Å². The van der Waals surface area contributed by atoms with Gasteiger partial charge in [-0.2, -0.15) is 0 Å². The topological polar surface area (TPSA) is 29.1 Å². The van der Waals surface area contributed by atoms with Gasteiger partial charge in [-0.15, -0.1) is 0 Å². The number of halogens is 1. The number of fused-ring (bicyclic) bond motifs is 1. The number of rotatable bonds is 2. The summed E-state index contributed by atoms with van der Waals surface area (Å²) in [5.41, 5.74) is 4.31. The molecule has 3 heteroatoms. The number of para-hydroxylation sites is 1. The van der Waals surface area contributed by atoms with E-state index in [1.54, 1.807) is 0 Å². The molecule has 0 saturated heterocycles. The Morgan fingerprint density at radius 1 is 1.16 bits per heavy atom. The Morgan fingerprint density at radius 2 is 1.89 bits per heavy atom. The van der Waals surface area contributed by atoms with E-state index >= 15 is 0 Å². The largest absolute Gasteiger partial charge is 0.325 e. The standard InChI is InChI=1S/C16H14ClNO/c1-10-3-2-4-13-14(16(19)18-15(10)13)9-11-5-7-12(17)8-6-11/h2-8,14H,9H2,1H3,(H,18,19)/t14-/m0/s1. The summed E-state index contributed by atoms with van der Waals surface area (Å²) < 4.78 is 0. The van der Waals surface area contributed by atoms with Crippen molar-refractivity contribution in [3.05, 3.63) is 64.2 Å². The molecule has 1 N–H and O–H groups in total. The molecule has 2 nitrogen and oxygen atoms in total. The number of nitrogens with one attached hydrogen (secondary N) is 1. The van der Waals surface area contributed by atoms with Gasteiger partial charge in [0.2, 0.25) is 5.91 Å². The number of amides is 1. The second kappa shape index (κ2) is 4.71. The Bertz CT molecular complexity index is 634. The minimum Gasteiger partial charge on any atom is -0.325 e. The molecule has 1 aliphatic heterocycles. The van der Waals surface area contributed by atoms with E-state index in [2.05, 4.69) is 5.32 Å². The second-order valence-electron chi connectivity index (χ2n) is 4.91. The molecule has 3 rings (SSSR count). The van der Waals surface area contributed by atoms with E-state index < -0.39 is 0 Å². The number of carbonyl (C=O) groups excluding carboxylic acids is 1. The molecule has 2 aromatic rings. The highest BCUT2D eigenvalue weighted by Crippen LogP contribution is 2.36. The predicted octanol–water partition coefficient (Wildman–Crippen LogP) is 3.93. The van der Waals surface area contributed by atoms with Gasteiger partial charge in [-0.25, -0.2) is 0 Å². The van der Waals surface area contributed by atoms with Gasteiger partial charge in [0.25, 0.3) is 0 Å². The van der Waals surface area contributed by atoms with Crippen LogP contribution >= 0.6 is 11.6 Å². The van der Waals surface area contributed by atoms with E-state index in [4.69, 9.17) is 11.6 Å². The van der Waals surface area contributed by atoms with Gasteiger partial charge in [0.15, 0.2) is 0 Å². The molecule has 0 unspecified atom stereocenters. The van der Waals surface area contributed by atoms with Crippen molar-refractivity contribution in [2.24, 2.45) is 0 Å². The molecule has 0 aliphatic carbocycles. The molecular formula is C16H14ClNO. The predicted molar refractivity (Wildman–Crippen MR) is 77.7 cm³/mol. The van der Waals surface area contributed by atoms with Crippen molar-refractivity contribution in [1.82, 2.24) is 0 Å². The summed E-state index contributed by atoms with van der Waals surface area (Å²) in [6.07, 6.45) is 0.708. The van der Waals surface area contributed by atoms with Crippen LogP contribution in [0.3, 0.4) is 0 Å². The minimum atomic E-state index is -0.101. The first-order valence-corrected chi connectivity index (χ1v) is 6.68. The average Bonchev–Trinajstić information content (AvgIpc) is 2.71. The van der Waals surface area contributed by atoms with E-state index in [-0.39, 0.29) is 11.8 Å². The SMILES string of the molecule is Cc1cccc2c1NC(=O)[C@H]2Cc1ccc(Cl)cc1. The fraction of sp³-hybridized carbons (Fsp3) is 0.188. The molecule has 1 aliphatic rings. The van der Waals surface area contributed by atoms with Crippen molar-refractivity contribution in [2.75, 3.05) is 5.32 Å². The molecule has 0 fully saturated rings. The van der Waals surface area contributed by atoms with E-state index in [9.17, 15) is 4.79 Å². The first-order chi connectivity index (χ1) is 9.15. The van der Waals surface area contributed by atoms with Crippen LogP contribution in [0.25, 0.3) is 0 Å². The maximum Gasteiger partial charge on any atom is 0.232 e. The highest BCUT2D eigenvalue weighted by Gasteiger charge is 2.31. The van der Waals surface area contributed by atoms with Crippen LogP contribution in [-0.2, 0) is 11.2 Å². The highest BCUT2D eigenvalue weighted by molar-refractivity contribution is 6.30. The number of aryl methyl sites for hydroxylation is 1. The zero-order valence-electron chi connectivity index (χ0n) is 10.6. The summed E-state index contributed by atoms with van der Waals surface area (Å²) in [5.74, 6) is -0.0182. The molecule has 2 aromatic carbocycles. The molecule has 0 aromatic heterocycles. The lowest BCUT2D eigenvalue weighted by atomic mass is 9.92. The number of hydrogen-bond donors (Lipinski definition) is 1. The van der Waals surface area contributed by atoms with Gasteiger partial charge in [0, 0.05) is 10.7 Å². The lowest BCUT2D eigenvalue weighted by Crippen LogP contribution is -2.14. The van der Waals surface area contributed by atoms with Gasteiger partial charge in [0.1, 0.15) is 0 Å². The quantitative estimate of drug-likeness (QED) is 0.881. The molecular weight excluding hydrogens is 258 g/mol. The molecule has 19 heavy (non-hydrogen) atoms. The maximum atomic E-state index is 12.1. The molecule has 1 amide bonds. The Kier molecular flexibility index (Phi) is 3.03. The van der Waals surface area contributed by atoms with Crippen molar-refractivity contribution in [3.8, 4) is 0 Å². The van der Waals surface area contributed by atoms with Crippen LogP contribution in [0.2, 0.25) is 5.02 Å². The summed E-state index contributed by atoms with van der Waals surface area (Å²) in [6.45, 7) is 2.02. The Morgan fingerprint density at radius 3 is 2.63 bits per heavy atom. The summed E-state index contributed by atoms with van der Waals surface area (Å²) in [7, 11) is 0. The monoisotopic (exact) mass is 271 g/mol. The summed E-state index contributed by atoms with van der Waals surface area (Å²) in [4.78, 5) is 12.1. The van der Waals surface area contributed by atoms with Gasteiger partial charge in [-0.05, 0) is 42.2 Å². The van der Waals surface area contributed by atoms with Crippen LogP contribution in [0.4, 0.5) is 5.69 Å². The highest BCUT2D eigenvalue weighted by atomic mass is 35.5. The van der Waals surface area contributed by atoms with Crippen molar-refractivity contribution >= 4 is 23.2 Å². The van der Waals surface area contributed by atoms with Crippen LogP contribution in [0.5, 0.6) is 0 Å². The first-order valence-electron chi connectivity index (χ1n) is 6.30. The normalized spacial score (nSPS) is 17.2. The van der Waals surface area contributed by atoms with E-state index in [0.717, 1.165) is 27.4 Å². The average molecular weight is 272 g/mol. The van der Waals surface area contributed by atoms with Gasteiger partial charge >= 0.3 is 0 Å². The lowest BCUT2D eigenvalue weighted by molar-refractivity contribution is -0.117. The van der Waals surface area contributed by atoms with Gasteiger partial charge in [0.05, 0.1) is 5.92 Å². The molecule has 0 spiro atoms. The van der Waals surface area contributed by atoms with Gasteiger partial charge in [-0.3, -0.25) is 4.79 Å². The Labute approximate surface area is 117 Å². The lowest BCUT2D eigenvalue weighted by Gasteiger charge is -2.09. The van der Waals surface area contributed by atoms with Crippen LogP contribution in [0, 0.1) is 6.92 Å². The fourth-order valence-corrected chi connectivity index (χ4v) is 2.69. The molecule has 0 saturated carbocycles. The number of benzene rings is 2. The van der Waals surface area contributed by atoms with E-state index in [1.165, 1.54) is 0 Å². The van der Waals surface area contributed by atoms with E-state index in [0.29, 0.717) is 6.42 Å². The summed E-state index contributed by atoms with van der Waals surface area (Å²) in [5, 5.41) is 3.70. The number of anilines is 1.